The van der Waals surface area contributed by atoms with E-state index in [1.54, 1.807) is 12.4 Å². The lowest BCUT2D eigenvalue weighted by Crippen LogP contribution is -2.30. The van der Waals surface area contributed by atoms with Crippen LogP contribution in [0.15, 0.2) is 22.5 Å². The van der Waals surface area contributed by atoms with Crippen molar-refractivity contribution in [2.24, 2.45) is 0 Å². The molecule has 0 aromatic carbocycles. The minimum absolute atomic E-state index is 0.219. The number of thiazole rings is 1. The predicted octanol–water partition coefficient (Wildman–Crippen LogP) is 0.958. The van der Waals surface area contributed by atoms with Gasteiger partial charge in [0.25, 0.3) is 11.8 Å². The molecule has 0 fully saturated rings. The van der Waals surface area contributed by atoms with E-state index in [0.29, 0.717) is 5.57 Å². The maximum Gasteiger partial charge on any atom is 0.256 e. The Morgan fingerprint density at radius 2 is 2.29 bits per heavy atom. The summed E-state index contributed by atoms with van der Waals surface area (Å²) in [5.74, 6) is -0.469. The second-order valence-corrected chi connectivity index (χ2v) is 3.76. The molecule has 14 heavy (non-hydrogen) atoms. The summed E-state index contributed by atoms with van der Waals surface area (Å²) in [6, 6.07) is 0. The molecule has 0 radical (unpaired) electrons. The molecular formula is C9H8N2O2S. The highest BCUT2D eigenvalue weighted by molar-refractivity contribution is 7.07. The molecule has 0 spiro atoms. The van der Waals surface area contributed by atoms with Crippen molar-refractivity contribution in [2.45, 2.75) is 13.5 Å². The van der Waals surface area contributed by atoms with Gasteiger partial charge in [-0.25, -0.2) is 4.98 Å². The first kappa shape index (κ1) is 9.08. The highest BCUT2D eigenvalue weighted by atomic mass is 32.1. The quantitative estimate of drug-likeness (QED) is 0.680. The van der Waals surface area contributed by atoms with Gasteiger partial charge in [0.15, 0.2) is 0 Å². The second kappa shape index (κ2) is 3.34. The number of hydrogen-bond acceptors (Lipinski definition) is 4. The molecule has 2 rings (SSSR count). The van der Waals surface area contributed by atoms with Gasteiger partial charge in [-0.1, -0.05) is 0 Å². The van der Waals surface area contributed by atoms with Crippen LogP contribution in [0, 0.1) is 0 Å². The SMILES string of the molecule is CC1=CC(=O)N(Cc2cscn2)C1=O. The van der Waals surface area contributed by atoms with E-state index in [-0.39, 0.29) is 18.4 Å². The number of hydrogen-bond donors (Lipinski definition) is 0. The van der Waals surface area contributed by atoms with E-state index in [1.807, 2.05) is 5.38 Å². The minimum atomic E-state index is -0.250. The summed E-state index contributed by atoms with van der Waals surface area (Å²) in [6.45, 7) is 1.91. The molecule has 1 aromatic rings. The Labute approximate surface area is 84.9 Å². The fraction of sp³-hybridized carbons (Fsp3) is 0.222. The standard InChI is InChI=1S/C9H8N2O2S/c1-6-2-8(12)11(9(6)13)3-7-4-14-5-10-7/h2,4-5H,3H2,1H3. The van der Waals surface area contributed by atoms with Crippen LogP contribution in [0.4, 0.5) is 0 Å². The summed E-state index contributed by atoms with van der Waals surface area (Å²) < 4.78 is 0. The maximum absolute atomic E-state index is 11.5. The third-order valence-electron chi connectivity index (χ3n) is 1.99. The summed E-state index contributed by atoms with van der Waals surface area (Å²) >= 11 is 1.45. The van der Waals surface area contributed by atoms with E-state index in [1.165, 1.54) is 22.3 Å². The number of amides is 2. The molecule has 0 atom stereocenters. The number of rotatable bonds is 2. The van der Waals surface area contributed by atoms with Crippen molar-refractivity contribution in [2.75, 3.05) is 0 Å². The smallest absolute Gasteiger partial charge is 0.256 e. The number of nitrogens with zero attached hydrogens (tertiary/aromatic N) is 2. The average molecular weight is 208 g/mol. The molecule has 2 amide bonds. The molecule has 4 nitrogen and oxygen atoms in total. The van der Waals surface area contributed by atoms with Crippen LogP contribution in [-0.2, 0) is 16.1 Å². The van der Waals surface area contributed by atoms with Crippen molar-refractivity contribution >= 4 is 23.2 Å². The Bertz CT molecular complexity index is 408. The zero-order valence-electron chi connectivity index (χ0n) is 7.56. The van der Waals surface area contributed by atoms with E-state index in [9.17, 15) is 9.59 Å². The number of carbonyl (C=O) groups is 2. The zero-order chi connectivity index (χ0) is 10.1. The Morgan fingerprint density at radius 1 is 1.50 bits per heavy atom. The summed E-state index contributed by atoms with van der Waals surface area (Å²) in [7, 11) is 0. The van der Waals surface area contributed by atoms with Crippen LogP contribution >= 0.6 is 11.3 Å². The van der Waals surface area contributed by atoms with Gasteiger partial charge in [-0.2, -0.15) is 0 Å². The molecule has 1 aliphatic heterocycles. The third kappa shape index (κ3) is 1.46. The van der Waals surface area contributed by atoms with Crippen LogP contribution < -0.4 is 0 Å². The molecular weight excluding hydrogens is 200 g/mol. The van der Waals surface area contributed by atoms with E-state index in [4.69, 9.17) is 0 Å². The van der Waals surface area contributed by atoms with E-state index in [2.05, 4.69) is 4.98 Å². The highest BCUT2D eigenvalue weighted by Gasteiger charge is 2.28. The van der Waals surface area contributed by atoms with Crippen molar-refractivity contribution < 1.29 is 9.59 Å². The molecule has 72 valence electrons. The summed E-state index contributed by atoms with van der Waals surface area (Å²) in [5.41, 5.74) is 2.92. The summed E-state index contributed by atoms with van der Waals surface area (Å²) in [4.78, 5) is 28.0. The first-order valence-corrected chi connectivity index (χ1v) is 5.04. The zero-order valence-corrected chi connectivity index (χ0v) is 8.37. The molecule has 0 N–H and O–H groups in total. The lowest BCUT2D eigenvalue weighted by Gasteiger charge is -2.11. The van der Waals surface area contributed by atoms with Crippen LogP contribution in [0.25, 0.3) is 0 Å². The predicted molar refractivity (Wildman–Crippen MR) is 51.4 cm³/mol. The number of carbonyl (C=O) groups excluding carboxylic acids is 2. The topological polar surface area (TPSA) is 50.3 Å². The molecule has 0 aliphatic carbocycles. The Hall–Kier alpha value is -1.49. The molecule has 2 heterocycles. The first-order chi connectivity index (χ1) is 6.68. The van der Waals surface area contributed by atoms with Crippen molar-refractivity contribution in [3.8, 4) is 0 Å². The van der Waals surface area contributed by atoms with Gasteiger partial charge in [-0.15, -0.1) is 11.3 Å². The van der Waals surface area contributed by atoms with Crippen LogP contribution in [0.2, 0.25) is 0 Å². The largest absolute Gasteiger partial charge is 0.269 e. The van der Waals surface area contributed by atoms with Crippen LogP contribution in [0.5, 0.6) is 0 Å². The van der Waals surface area contributed by atoms with Crippen molar-refractivity contribution in [1.29, 1.82) is 0 Å². The molecule has 0 saturated heterocycles. The second-order valence-electron chi connectivity index (χ2n) is 3.04. The van der Waals surface area contributed by atoms with Crippen LogP contribution in [0.1, 0.15) is 12.6 Å². The molecule has 1 aliphatic rings. The molecule has 0 saturated carbocycles. The molecule has 1 aromatic heterocycles. The van der Waals surface area contributed by atoms with Crippen molar-refractivity contribution in [3.05, 3.63) is 28.2 Å². The van der Waals surface area contributed by atoms with Gasteiger partial charge in [-0.05, 0) is 6.92 Å². The van der Waals surface area contributed by atoms with Gasteiger partial charge < -0.3 is 0 Å². The van der Waals surface area contributed by atoms with E-state index >= 15 is 0 Å². The van der Waals surface area contributed by atoms with Crippen molar-refractivity contribution in [1.82, 2.24) is 9.88 Å². The highest BCUT2D eigenvalue weighted by Crippen LogP contribution is 2.15. The fourth-order valence-electron chi connectivity index (χ4n) is 1.27. The Morgan fingerprint density at radius 3 is 2.79 bits per heavy atom. The van der Waals surface area contributed by atoms with Gasteiger partial charge in [-0.3, -0.25) is 14.5 Å². The maximum atomic E-state index is 11.5. The lowest BCUT2D eigenvalue weighted by atomic mass is 10.3. The first-order valence-electron chi connectivity index (χ1n) is 4.09. The van der Waals surface area contributed by atoms with Crippen LogP contribution in [-0.4, -0.2) is 21.7 Å². The molecule has 0 bridgehead atoms. The normalized spacial score (nSPS) is 16.4. The minimum Gasteiger partial charge on any atom is -0.269 e. The lowest BCUT2D eigenvalue weighted by molar-refractivity contribution is -0.137. The van der Waals surface area contributed by atoms with Crippen molar-refractivity contribution in [3.63, 3.8) is 0 Å². The van der Waals surface area contributed by atoms with E-state index in [0.717, 1.165) is 5.69 Å². The number of aromatic nitrogens is 1. The monoisotopic (exact) mass is 208 g/mol. The van der Waals surface area contributed by atoms with Gasteiger partial charge in [0, 0.05) is 17.0 Å². The Kier molecular flexibility index (Phi) is 2.17. The number of imide groups is 1. The summed E-state index contributed by atoms with van der Waals surface area (Å²) in [5, 5.41) is 1.83. The van der Waals surface area contributed by atoms with Crippen LogP contribution in [0.3, 0.4) is 0 Å². The van der Waals surface area contributed by atoms with Gasteiger partial charge >= 0.3 is 0 Å². The van der Waals surface area contributed by atoms with Gasteiger partial charge in [0.1, 0.15) is 0 Å². The molecule has 0 unspecified atom stereocenters. The average Bonchev–Trinajstić information content (AvgIpc) is 2.71. The summed E-state index contributed by atoms with van der Waals surface area (Å²) in [6.07, 6.45) is 1.36. The third-order valence-corrected chi connectivity index (χ3v) is 2.63. The van der Waals surface area contributed by atoms with Gasteiger partial charge in [0.05, 0.1) is 17.7 Å². The van der Waals surface area contributed by atoms with E-state index < -0.39 is 0 Å². The Balaban J connectivity index is 2.15. The fourth-order valence-corrected chi connectivity index (χ4v) is 1.81. The van der Waals surface area contributed by atoms with Gasteiger partial charge in [0.2, 0.25) is 0 Å². The molecule has 5 heteroatoms.